The molecule has 0 spiro atoms. The number of anilines is 1. The van der Waals surface area contributed by atoms with Crippen LogP contribution in [0.25, 0.3) is 10.8 Å². The number of hydrogen-bond acceptors (Lipinski definition) is 4. The SMILES string of the molecule is CCOc1ccc(N([C@H](CC)C(=O)NCc2ccc3ccccc3c2)S(C)(=O)=O)cc1. The topological polar surface area (TPSA) is 75.7 Å². The molecule has 0 fully saturated rings. The van der Waals surface area contributed by atoms with E-state index in [2.05, 4.69) is 5.32 Å². The van der Waals surface area contributed by atoms with Gasteiger partial charge < -0.3 is 10.1 Å². The predicted octanol–water partition coefficient (Wildman–Crippen LogP) is 4.10. The Morgan fingerprint density at radius 1 is 1.00 bits per heavy atom. The van der Waals surface area contributed by atoms with Crippen molar-refractivity contribution in [1.82, 2.24) is 5.32 Å². The van der Waals surface area contributed by atoms with E-state index in [4.69, 9.17) is 4.74 Å². The number of nitrogens with one attached hydrogen (secondary N) is 1. The second-order valence-corrected chi connectivity index (χ2v) is 9.17. The van der Waals surface area contributed by atoms with Crippen LogP contribution in [0.15, 0.2) is 66.7 Å². The summed E-state index contributed by atoms with van der Waals surface area (Å²) in [5.41, 5.74) is 1.38. The minimum Gasteiger partial charge on any atom is -0.494 e. The van der Waals surface area contributed by atoms with Crippen LogP contribution < -0.4 is 14.4 Å². The predicted molar refractivity (Wildman–Crippen MR) is 125 cm³/mol. The fourth-order valence-corrected chi connectivity index (χ4v) is 4.78. The van der Waals surface area contributed by atoms with E-state index in [1.165, 1.54) is 4.31 Å². The average molecular weight is 441 g/mol. The summed E-state index contributed by atoms with van der Waals surface area (Å²) in [5, 5.41) is 5.12. The van der Waals surface area contributed by atoms with Crippen LogP contribution >= 0.6 is 0 Å². The number of benzene rings is 3. The molecule has 3 rings (SSSR count). The molecule has 31 heavy (non-hydrogen) atoms. The lowest BCUT2D eigenvalue weighted by Gasteiger charge is -2.30. The highest BCUT2D eigenvalue weighted by molar-refractivity contribution is 7.92. The summed E-state index contributed by atoms with van der Waals surface area (Å²) in [7, 11) is -3.68. The van der Waals surface area contributed by atoms with Gasteiger partial charge in [-0.2, -0.15) is 0 Å². The number of ether oxygens (including phenoxy) is 1. The molecule has 0 unspecified atom stereocenters. The van der Waals surface area contributed by atoms with E-state index in [0.29, 0.717) is 31.0 Å². The monoisotopic (exact) mass is 440 g/mol. The fourth-order valence-electron chi connectivity index (χ4n) is 3.57. The number of sulfonamides is 1. The highest BCUT2D eigenvalue weighted by Gasteiger charge is 2.31. The minimum atomic E-state index is -3.68. The third-order valence-electron chi connectivity index (χ3n) is 5.01. The molecule has 1 atom stereocenters. The van der Waals surface area contributed by atoms with E-state index in [0.717, 1.165) is 22.6 Å². The van der Waals surface area contributed by atoms with Gasteiger partial charge in [-0.25, -0.2) is 8.42 Å². The summed E-state index contributed by atoms with van der Waals surface area (Å²) in [5.74, 6) is 0.309. The highest BCUT2D eigenvalue weighted by Crippen LogP contribution is 2.25. The molecule has 7 heteroatoms. The van der Waals surface area contributed by atoms with Gasteiger partial charge in [0, 0.05) is 6.54 Å². The molecule has 0 bridgehead atoms. The smallest absolute Gasteiger partial charge is 0.244 e. The van der Waals surface area contributed by atoms with E-state index < -0.39 is 16.1 Å². The summed E-state index contributed by atoms with van der Waals surface area (Å²) in [6.45, 7) is 4.52. The van der Waals surface area contributed by atoms with Crippen molar-refractivity contribution in [2.45, 2.75) is 32.9 Å². The molecule has 6 nitrogen and oxygen atoms in total. The van der Waals surface area contributed by atoms with Crippen LogP contribution in [0.5, 0.6) is 5.75 Å². The Morgan fingerprint density at radius 2 is 1.68 bits per heavy atom. The van der Waals surface area contributed by atoms with Gasteiger partial charge in [-0.05, 0) is 60.0 Å². The van der Waals surface area contributed by atoms with Crippen LogP contribution in [-0.2, 0) is 21.4 Å². The molecule has 164 valence electrons. The van der Waals surface area contributed by atoms with Gasteiger partial charge in [0.2, 0.25) is 15.9 Å². The maximum absolute atomic E-state index is 13.0. The quantitative estimate of drug-likeness (QED) is 0.544. The Hall–Kier alpha value is -3.06. The molecule has 0 aliphatic rings. The number of rotatable bonds is 9. The second kappa shape index (κ2) is 9.83. The maximum atomic E-state index is 13.0. The minimum absolute atomic E-state index is 0.320. The largest absolute Gasteiger partial charge is 0.494 e. The Balaban J connectivity index is 1.79. The number of carbonyl (C=O) groups is 1. The van der Waals surface area contributed by atoms with Crippen LogP contribution in [0, 0.1) is 0 Å². The molecule has 0 aromatic heterocycles. The zero-order valence-corrected chi connectivity index (χ0v) is 18.9. The maximum Gasteiger partial charge on any atom is 0.244 e. The van der Waals surface area contributed by atoms with Gasteiger partial charge >= 0.3 is 0 Å². The fraction of sp³-hybridized carbons (Fsp3) is 0.292. The molecule has 0 aliphatic heterocycles. The van der Waals surface area contributed by atoms with Gasteiger partial charge in [0.25, 0.3) is 0 Å². The van der Waals surface area contributed by atoms with Gasteiger partial charge in [-0.3, -0.25) is 9.10 Å². The first-order valence-corrected chi connectivity index (χ1v) is 12.2. The summed E-state index contributed by atoms with van der Waals surface area (Å²) in [6, 6.07) is 19.9. The van der Waals surface area contributed by atoms with Gasteiger partial charge in [-0.15, -0.1) is 0 Å². The summed E-state index contributed by atoms with van der Waals surface area (Å²) in [6.07, 6.45) is 1.45. The summed E-state index contributed by atoms with van der Waals surface area (Å²) < 4.78 is 31.8. The Morgan fingerprint density at radius 3 is 2.29 bits per heavy atom. The number of carbonyl (C=O) groups excluding carboxylic acids is 1. The number of amides is 1. The molecular formula is C24H28N2O4S. The standard InChI is InChI=1S/C24H28N2O4S/c1-4-23(26(31(3,28)29)21-12-14-22(15-13-21)30-5-2)24(27)25-17-18-10-11-19-8-6-7-9-20(19)16-18/h6-16,23H,4-5,17H2,1-3H3,(H,25,27)/t23-/m1/s1. The van der Waals surface area contributed by atoms with Gasteiger partial charge in [0.1, 0.15) is 11.8 Å². The normalized spacial score (nSPS) is 12.4. The van der Waals surface area contributed by atoms with Crippen LogP contribution in [0.4, 0.5) is 5.69 Å². The van der Waals surface area contributed by atoms with Crippen molar-refractivity contribution in [3.8, 4) is 5.75 Å². The molecule has 3 aromatic carbocycles. The third-order valence-corrected chi connectivity index (χ3v) is 6.19. The van der Waals surface area contributed by atoms with E-state index >= 15 is 0 Å². The second-order valence-electron chi connectivity index (χ2n) is 7.31. The molecule has 0 saturated heterocycles. The van der Waals surface area contributed by atoms with Crippen molar-refractivity contribution in [2.24, 2.45) is 0 Å². The van der Waals surface area contributed by atoms with Crippen molar-refractivity contribution in [1.29, 1.82) is 0 Å². The number of fused-ring (bicyclic) bond motifs is 1. The van der Waals surface area contributed by atoms with Crippen molar-refractivity contribution < 1.29 is 17.9 Å². The van der Waals surface area contributed by atoms with Gasteiger partial charge in [0.15, 0.2) is 0 Å². The molecule has 0 saturated carbocycles. The van der Waals surface area contributed by atoms with Crippen LogP contribution in [-0.4, -0.2) is 33.2 Å². The van der Waals surface area contributed by atoms with Crippen LogP contribution in [0.1, 0.15) is 25.8 Å². The molecule has 1 amide bonds. The average Bonchev–Trinajstić information content (AvgIpc) is 2.75. The Bertz CT molecular complexity index is 1140. The highest BCUT2D eigenvalue weighted by atomic mass is 32.2. The zero-order valence-electron chi connectivity index (χ0n) is 18.0. The van der Waals surface area contributed by atoms with Gasteiger partial charge in [-0.1, -0.05) is 43.3 Å². The van der Waals surface area contributed by atoms with E-state index in [9.17, 15) is 13.2 Å². The molecule has 0 heterocycles. The van der Waals surface area contributed by atoms with Crippen LogP contribution in [0.2, 0.25) is 0 Å². The number of hydrogen-bond donors (Lipinski definition) is 1. The Labute approximate surface area is 183 Å². The summed E-state index contributed by atoms with van der Waals surface area (Å²) >= 11 is 0. The van der Waals surface area contributed by atoms with Gasteiger partial charge in [0.05, 0.1) is 18.6 Å². The van der Waals surface area contributed by atoms with E-state index in [-0.39, 0.29) is 5.91 Å². The Kier molecular flexibility index (Phi) is 7.17. The summed E-state index contributed by atoms with van der Waals surface area (Å²) in [4.78, 5) is 13.0. The van der Waals surface area contributed by atoms with E-state index in [1.54, 1.807) is 31.2 Å². The van der Waals surface area contributed by atoms with Crippen molar-refractivity contribution in [2.75, 3.05) is 17.2 Å². The first kappa shape index (κ1) is 22.6. The first-order valence-electron chi connectivity index (χ1n) is 10.3. The lowest BCUT2D eigenvalue weighted by molar-refractivity contribution is -0.122. The third kappa shape index (κ3) is 5.55. The molecular weight excluding hydrogens is 412 g/mol. The van der Waals surface area contributed by atoms with Crippen molar-refractivity contribution in [3.05, 3.63) is 72.3 Å². The van der Waals surface area contributed by atoms with Crippen LogP contribution in [0.3, 0.4) is 0 Å². The van der Waals surface area contributed by atoms with Crippen molar-refractivity contribution >= 4 is 32.4 Å². The molecule has 3 aromatic rings. The molecule has 0 aliphatic carbocycles. The van der Waals surface area contributed by atoms with Crippen molar-refractivity contribution in [3.63, 3.8) is 0 Å². The zero-order chi connectivity index (χ0) is 22.4. The lowest BCUT2D eigenvalue weighted by Crippen LogP contribution is -2.49. The molecule has 0 radical (unpaired) electrons. The molecule has 1 N–H and O–H groups in total. The van der Waals surface area contributed by atoms with E-state index in [1.807, 2.05) is 49.4 Å². The number of nitrogens with zero attached hydrogens (tertiary/aromatic N) is 1. The first-order chi connectivity index (χ1) is 14.8. The lowest BCUT2D eigenvalue weighted by atomic mass is 10.1.